The third kappa shape index (κ3) is 3.75. The molecule has 16 heavy (non-hydrogen) atoms. The van der Waals surface area contributed by atoms with Gasteiger partial charge in [-0.25, -0.2) is 8.42 Å². The van der Waals surface area contributed by atoms with Crippen LogP contribution in [0.1, 0.15) is 25.0 Å². The zero-order valence-corrected chi connectivity index (χ0v) is 12.6. The molecule has 0 aromatic heterocycles. The molecule has 0 saturated heterocycles. The zero-order chi connectivity index (χ0) is 12.6. The summed E-state index contributed by atoms with van der Waals surface area (Å²) in [5.41, 5.74) is 1.56. The van der Waals surface area contributed by atoms with Gasteiger partial charge in [0.05, 0.1) is 5.75 Å². The lowest BCUT2D eigenvalue weighted by atomic mass is 9.84. The molecular weight excluding hydrogens is 312 g/mol. The largest absolute Gasteiger partial charge is 0.233 e. The van der Waals surface area contributed by atoms with Crippen molar-refractivity contribution in [1.82, 2.24) is 0 Å². The van der Waals surface area contributed by atoms with E-state index in [0.717, 1.165) is 15.6 Å². The highest BCUT2D eigenvalue weighted by atomic mass is 79.9. The lowest BCUT2D eigenvalue weighted by Crippen LogP contribution is -2.27. The van der Waals surface area contributed by atoms with Crippen molar-refractivity contribution in [2.24, 2.45) is 0 Å². The van der Waals surface area contributed by atoms with Crippen molar-refractivity contribution >= 4 is 35.7 Å². The van der Waals surface area contributed by atoms with Gasteiger partial charge in [-0.1, -0.05) is 35.8 Å². The molecule has 5 heteroatoms. The Morgan fingerprint density at radius 2 is 1.94 bits per heavy atom. The summed E-state index contributed by atoms with van der Waals surface area (Å²) in [6, 6.07) is 5.84. The molecule has 1 rings (SSSR count). The molecule has 0 amide bonds. The van der Waals surface area contributed by atoms with Gasteiger partial charge in [0.15, 0.2) is 0 Å². The number of rotatable bonds is 3. The molecule has 0 aliphatic heterocycles. The minimum absolute atomic E-state index is 0.0706. The predicted octanol–water partition coefficient (Wildman–Crippen LogP) is 3.60. The molecule has 2 nitrogen and oxygen atoms in total. The van der Waals surface area contributed by atoms with E-state index in [9.17, 15) is 8.42 Å². The second-order valence-corrected chi connectivity index (χ2v) is 8.22. The van der Waals surface area contributed by atoms with Crippen molar-refractivity contribution in [2.45, 2.75) is 26.2 Å². The van der Waals surface area contributed by atoms with Gasteiger partial charge in [0.2, 0.25) is 9.05 Å². The van der Waals surface area contributed by atoms with Gasteiger partial charge in [-0.15, -0.1) is 0 Å². The molecule has 0 unspecified atom stereocenters. The third-order valence-electron chi connectivity index (χ3n) is 2.46. The summed E-state index contributed by atoms with van der Waals surface area (Å²) in [6.45, 7) is 5.72. The van der Waals surface area contributed by atoms with Gasteiger partial charge in [0, 0.05) is 20.6 Å². The van der Waals surface area contributed by atoms with Crippen molar-refractivity contribution in [2.75, 3.05) is 5.75 Å². The molecule has 1 aromatic carbocycles. The van der Waals surface area contributed by atoms with E-state index in [-0.39, 0.29) is 5.75 Å². The molecule has 0 bridgehead atoms. The maximum Gasteiger partial charge on any atom is 0.233 e. The molecule has 1 aromatic rings. The van der Waals surface area contributed by atoms with Gasteiger partial charge >= 0.3 is 0 Å². The van der Waals surface area contributed by atoms with Gasteiger partial charge in [-0.2, -0.15) is 0 Å². The fraction of sp³-hybridized carbons (Fsp3) is 0.455. The average Bonchev–Trinajstić information content (AvgIpc) is 2.04. The van der Waals surface area contributed by atoms with Gasteiger partial charge in [-0.05, 0) is 30.2 Å². The maximum absolute atomic E-state index is 11.2. The van der Waals surface area contributed by atoms with Crippen molar-refractivity contribution in [3.8, 4) is 0 Å². The first-order valence-electron chi connectivity index (χ1n) is 4.81. The van der Waals surface area contributed by atoms with Crippen LogP contribution in [0.5, 0.6) is 0 Å². The Labute approximate surface area is 110 Å². The van der Waals surface area contributed by atoms with Gasteiger partial charge < -0.3 is 0 Å². The maximum atomic E-state index is 11.2. The molecule has 0 spiro atoms. The van der Waals surface area contributed by atoms with Crippen LogP contribution >= 0.6 is 26.6 Å². The first kappa shape index (κ1) is 14.0. The van der Waals surface area contributed by atoms with E-state index >= 15 is 0 Å². The van der Waals surface area contributed by atoms with E-state index in [4.69, 9.17) is 10.7 Å². The molecule has 0 atom stereocenters. The fourth-order valence-electron chi connectivity index (χ4n) is 1.83. The highest BCUT2D eigenvalue weighted by Gasteiger charge is 2.28. The Hall–Kier alpha value is -0.0600. The van der Waals surface area contributed by atoms with Gasteiger partial charge in [-0.3, -0.25) is 0 Å². The minimum atomic E-state index is -3.50. The third-order valence-corrected chi connectivity index (χ3v) is 4.35. The molecule has 0 radical (unpaired) electrons. The smallest absolute Gasteiger partial charge is 0.212 e. The molecule has 0 N–H and O–H groups in total. The zero-order valence-electron chi connectivity index (χ0n) is 9.42. The Bertz CT molecular complexity index is 495. The standard InChI is InChI=1S/C11H14BrClO2S/c1-8-4-5-9(12)6-10(8)11(2,3)7-16(13,14)15/h4-6H,7H2,1-3H3. The average molecular weight is 326 g/mol. The van der Waals surface area contributed by atoms with E-state index < -0.39 is 14.5 Å². The second kappa shape index (κ2) is 4.67. The number of hydrogen-bond donors (Lipinski definition) is 0. The summed E-state index contributed by atoms with van der Waals surface area (Å²) in [7, 11) is 1.82. The van der Waals surface area contributed by atoms with E-state index in [1.165, 1.54) is 0 Å². The lowest BCUT2D eigenvalue weighted by molar-refractivity contribution is 0.555. The Balaban J connectivity index is 3.21. The molecule has 90 valence electrons. The summed E-state index contributed by atoms with van der Waals surface area (Å²) < 4.78 is 23.3. The van der Waals surface area contributed by atoms with Crippen molar-refractivity contribution in [1.29, 1.82) is 0 Å². The molecular formula is C11H14BrClO2S. The Morgan fingerprint density at radius 3 is 2.44 bits per heavy atom. The van der Waals surface area contributed by atoms with Crippen LogP contribution in [-0.2, 0) is 14.5 Å². The molecule has 0 aliphatic carbocycles. The van der Waals surface area contributed by atoms with E-state index in [1.807, 2.05) is 39.0 Å². The molecule has 0 aliphatic rings. The van der Waals surface area contributed by atoms with Crippen LogP contribution in [0.2, 0.25) is 0 Å². The number of benzene rings is 1. The molecule has 0 fully saturated rings. The second-order valence-electron chi connectivity index (χ2n) is 4.53. The van der Waals surface area contributed by atoms with Crippen LogP contribution in [0.15, 0.2) is 22.7 Å². The minimum Gasteiger partial charge on any atom is -0.212 e. The summed E-state index contributed by atoms with van der Waals surface area (Å²) in [4.78, 5) is 0. The van der Waals surface area contributed by atoms with Crippen LogP contribution < -0.4 is 0 Å². The van der Waals surface area contributed by atoms with E-state index in [2.05, 4.69) is 15.9 Å². The highest BCUT2D eigenvalue weighted by Crippen LogP contribution is 2.31. The quantitative estimate of drug-likeness (QED) is 0.796. The summed E-state index contributed by atoms with van der Waals surface area (Å²) in [6.07, 6.45) is 0. The number of hydrogen-bond acceptors (Lipinski definition) is 2. The summed E-state index contributed by atoms with van der Waals surface area (Å²) >= 11 is 3.39. The first-order valence-corrected chi connectivity index (χ1v) is 8.08. The Kier molecular flexibility index (Phi) is 4.08. The van der Waals surface area contributed by atoms with Crippen molar-refractivity contribution in [3.05, 3.63) is 33.8 Å². The lowest BCUT2D eigenvalue weighted by Gasteiger charge is -2.25. The molecule has 0 saturated carbocycles. The van der Waals surface area contributed by atoms with Crippen LogP contribution in [-0.4, -0.2) is 14.2 Å². The van der Waals surface area contributed by atoms with Crippen molar-refractivity contribution < 1.29 is 8.42 Å². The summed E-state index contributed by atoms with van der Waals surface area (Å²) in [5, 5.41) is 0. The predicted molar refractivity (Wildman–Crippen MR) is 71.5 cm³/mol. The van der Waals surface area contributed by atoms with Gasteiger partial charge in [0.1, 0.15) is 0 Å². The normalized spacial score (nSPS) is 12.8. The van der Waals surface area contributed by atoms with Crippen molar-refractivity contribution in [3.63, 3.8) is 0 Å². The monoisotopic (exact) mass is 324 g/mol. The van der Waals surface area contributed by atoms with Crippen LogP contribution in [0.25, 0.3) is 0 Å². The fourth-order valence-corrected chi connectivity index (χ4v) is 4.03. The highest BCUT2D eigenvalue weighted by molar-refractivity contribution is 9.10. The SMILES string of the molecule is Cc1ccc(Br)cc1C(C)(C)CS(=O)(=O)Cl. The summed E-state index contributed by atoms with van der Waals surface area (Å²) in [5.74, 6) is -0.0706. The number of halogens is 2. The van der Waals surface area contributed by atoms with Crippen LogP contribution in [0.3, 0.4) is 0 Å². The van der Waals surface area contributed by atoms with Gasteiger partial charge in [0.25, 0.3) is 0 Å². The Morgan fingerprint density at radius 1 is 1.38 bits per heavy atom. The topological polar surface area (TPSA) is 34.1 Å². The molecule has 0 heterocycles. The number of aryl methyl sites for hydroxylation is 1. The van der Waals surface area contributed by atoms with E-state index in [0.29, 0.717) is 0 Å². The first-order chi connectivity index (χ1) is 7.12. The van der Waals surface area contributed by atoms with Crippen LogP contribution in [0.4, 0.5) is 0 Å². The van der Waals surface area contributed by atoms with Crippen LogP contribution in [0, 0.1) is 6.92 Å². The van der Waals surface area contributed by atoms with E-state index in [1.54, 1.807) is 0 Å².